The van der Waals surface area contributed by atoms with Crippen LogP contribution in [-0.2, 0) is 11.3 Å². The van der Waals surface area contributed by atoms with Crippen molar-refractivity contribution in [2.24, 2.45) is 5.73 Å². The Labute approximate surface area is 174 Å². The van der Waals surface area contributed by atoms with E-state index in [4.69, 9.17) is 28.9 Å². The number of para-hydroxylation sites is 1. The maximum Gasteiger partial charge on any atom is 0.248 e. The van der Waals surface area contributed by atoms with E-state index in [1.54, 1.807) is 37.3 Å². The highest BCUT2D eigenvalue weighted by atomic mass is 35.5. The van der Waals surface area contributed by atoms with Gasteiger partial charge in [0, 0.05) is 24.2 Å². The highest BCUT2D eigenvalue weighted by Crippen LogP contribution is 2.56. The number of benzene rings is 2. The van der Waals surface area contributed by atoms with Gasteiger partial charge in [-0.3, -0.25) is 4.79 Å². The fraction of sp³-hybridized carbons (Fsp3) is 0.227. The molecule has 1 aliphatic carbocycles. The van der Waals surface area contributed by atoms with E-state index in [1.807, 2.05) is 18.2 Å². The molecule has 1 saturated carbocycles. The molecule has 0 aliphatic heterocycles. The molecule has 0 saturated heterocycles. The SMILES string of the molecule is CC(C=CC1(F)C[C@@H]1c1ccc(Cl)c(Cl)c1)=CC(=O)Nc1ccccc1CN. The molecule has 2 atom stereocenters. The fourth-order valence-corrected chi connectivity index (χ4v) is 3.38. The quantitative estimate of drug-likeness (QED) is 0.460. The van der Waals surface area contributed by atoms with Crippen LogP contribution in [0, 0.1) is 0 Å². The third-order valence-corrected chi connectivity index (χ3v) is 5.50. The van der Waals surface area contributed by atoms with Crippen LogP contribution in [-0.4, -0.2) is 11.6 Å². The minimum absolute atomic E-state index is 0.253. The minimum Gasteiger partial charge on any atom is -0.326 e. The molecule has 0 bridgehead atoms. The van der Waals surface area contributed by atoms with Gasteiger partial charge in [0.2, 0.25) is 5.91 Å². The first kappa shape index (κ1) is 20.6. The van der Waals surface area contributed by atoms with Crippen molar-refractivity contribution in [1.82, 2.24) is 0 Å². The molecule has 0 spiro atoms. The maximum absolute atomic E-state index is 14.9. The highest BCUT2D eigenvalue weighted by molar-refractivity contribution is 6.42. The van der Waals surface area contributed by atoms with Crippen LogP contribution in [0.3, 0.4) is 0 Å². The molecule has 146 valence electrons. The fourth-order valence-electron chi connectivity index (χ4n) is 3.08. The van der Waals surface area contributed by atoms with Gasteiger partial charge >= 0.3 is 0 Å². The smallest absolute Gasteiger partial charge is 0.248 e. The van der Waals surface area contributed by atoms with Crippen LogP contribution >= 0.6 is 23.2 Å². The molecule has 1 fully saturated rings. The first-order valence-corrected chi connectivity index (χ1v) is 9.68. The average Bonchev–Trinajstić information content (AvgIpc) is 3.34. The van der Waals surface area contributed by atoms with Crippen LogP contribution in [0.4, 0.5) is 10.1 Å². The number of hydrogen-bond acceptors (Lipinski definition) is 2. The Morgan fingerprint density at radius 2 is 2.04 bits per heavy atom. The van der Waals surface area contributed by atoms with Crippen molar-refractivity contribution in [3.8, 4) is 0 Å². The Bertz CT molecular complexity index is 957. The molecule has 0 radical (unpaired) electrons. The zero-order valence-electron chi connectivity index (χ0n) is 15.4. The van der Waals surface area contributed by atoms with Gasteiger partial charge in [0.05, 0.1) is 10.0 Å². The van der Waals surface area contributed by atoms with Gasteiger partial charge in [-0.25, -0.2) is 4.39 Å². The summed E-state index contributed by atoms with van der Waals surface area (Å²) in [7, 11) is 0. The minimum atomic E-state index is -1.44. The third kappa shape index (κ3) is 4.82. The number of rotatable bonds is 6. The summed E-state index contributed by atoms with van der Waals surface area (Å²) in [5, 5.41) is 3.67. The molecule has 6 heteroatoms. The summed E-state index contributed by atoms with van der Waals surface area (Å²) in [6.45, 7) is 2.09. The van der Waals surface area contributed by atoms with Gasteiger partial charge < -0.3 is 11.1 Å². The van der Waals surface area contributed by atoms with E-state index in [1.165, 1.54) is 12.2 Å². The molecule has 3 nitrogen and oxygen atoms in total. The topological polar surface area (TPSA) is 55.1 Å². The maximum atomic E-state index is 14.9. The number of amides is 1. The Balaban J connectivity index is 1.63. The largest absolute Gasteiger partial charge is 0.326 e. The zero-order chi connectivity index (χ0) is 20.3. The van der Waals surface area contributed by atoms with Crippen LogP contribution in [0.15, 0.2) is 66.3 Å². The third-order valence-electron chi connectivity index (χ3n) is 4.76. The Morgan fingerprint density at radius 3 is 2.75 bits per heavy atom. The lowest BCUT2D eigenvalue weighted by Gasteiger charge is -2.08. The monoisotopic (exact) mass is 418 g/mol. The summed E-state index contributed by atoms with van der Waals surface area (Å²) < 4.78 is 14.9. The molecule has 3 N–H and O–H groups in total. The summed E-state index contributed by atoms with van der Waals surface area (Å²) >= 11 is 11.9. The molecule has 0 heterocycles. The van der Waals surface area contributed by atoms with Crippen molar-refractivity contribution in [3.63, 3.8) is 0 Å². The number of nitrogens with two attached hydrogens (primary N) is 1. The molecule has 1 unspecified atom stereocenters. The highest BCUT2D eigenvalue weighted by Gasteiger charge is 2.54. The predicted octanol–water partition coefficient (Wildman–Crippen LogP) is 5.79. The summed E-state index contributed by atoms with van der Waals surface area (Å²) in [6.07, 6.45) is 4.95. The van der Waals surface area contributed by atoms with Gasteiger partial charge in [0.25, 0.3) is 0 Å². The van der Waals surface area contributed by atoms with Gasteiger partial charge in [0.1, 0.15) is 5.67 Å². The number of hydrogen-bond donors (Lipinski definition) is 2. The number of halogens is 3. The molecular formula is C22H21Cl2FN2O. The van der Waals surface area contributed by atoms with Gasteiger partial charge in [-0.2, -0.15) is 0 Å². The molecule has 3 rings (SSSR count). The lowest BCUT2D eigenvalue weighted by molar-refractivity contribution is -0.111. The summed E-state index contributed by atoms with van der Waals surface area (Å²) in [5.74, 6) is -0.538. The number of nitrogens with one attached hydrogen (secondary N) is 1. The Kier molecular flexibility index (Phi) is 6.23. The van der Waals surface area contributed by atoms with E-state index in [0.717, 1.165) is 11.1 Å². The molecular weight excluding hydrogens is 398 g/mol. The second kappa shape index (κ2) is 8.48. The van der Waals surface area contributed by atoms with Crippen molar-refractivity contribution in [2.45, 2.75) is 31.5 Å². The van der Waals surface area contributed by atoms with Crippen LogP contribution in [0.25, 0.3) is 0 Å². The van der Waals surface area contributed by atoms with Gasteiger partial charge in [-0.1, -0.05) is 53.5 Å². The molecule has 28 heavy (non-hydrogen) atoms. The standard InChI is InChI=1S/C22H21Cl2FN2O/c1-14(10-21(28)27-20-5-3-2-4-16(20)13-26)8-9-22(25)12-17(22)15-6-7-18(23)19(24)11-15/h2-11,17H,12-13,26H2,1H3,(H,27,28)/t17-,22?/m1/s1. The van der Waals surface area contributed by atoms with E-state index in [-0.39, 0.29) is 11.8 Å². The summed E-state index contributed by atoms with van der Waals surface area (Å²) in [5.41, 5.74) is 7.23. The summed E-state index contributed by atoms with van der Waals surface area (Å²) in [4.78, 5) is 12.2. The first-order valence-electron chi connectivity index (χ1n) is 8.93. The molecule has 1 amide bonds. The first-order chi connectivity index (χ1) is 13.3. The molecule has 0 aromatic heterocycles. The number of alkyl halides is 1. The second-order valence-electron chi connectivity index (χ2n) is 6.93. The van der Waals surface area contributed by atoms with E-state index in [2.05, 4.69) is 5.32 Å². The Morgan fingerprint density at radius 1 is 1.29 bits per heavy atom. The van der Waals surface area contributed by atoms with Crippen LogP contribution in [0.2, 0.25) is 10.0 Å². The van der Waals surface area contributed by atoms with E-state index >= 15 is 0 Å². The number of allylic oxidation sites excluding steroid dienone is 3. The van der Waals surface area contributed by atoms with Crippen LogP contribution < -0.4 is 11.1 Å². The molecule has 1 aliphatic rings. The van der Waals surface area contributed by atoms with Crippen molar-refractivity contribution in [2.75, 3.05) is 5.32 Å². The van der Waals surface area contributed by atoms with Gasteiger partial charge in [-0.15, -0.1) is 0 Å². The average molecular weight is 419 g/mol. The Hall–Kier alpha value is -2.14. The van der Waals surface area contributed by atoms with E-state index in [9.17, 15) is 9.18 Å². The van der Waals surface area contributed by atoms with Crippen LogP contribution in [0.1, 0.15) is 30.4 Å². The lowest BCUT2D eigenvalue weighted by atomic mass is 10.1. The van der Waals surface area contributed by atoms with Gasteiger partial charge in [0.15, 0.2) is 0 Å². The van der Waals surface area contributed by atoms with Crippen molar-refractivity contribution in [3.05, 3.63) is 87.4 Å². The second-order valence-corrected chi connectivity index (χ2v) is 7.74. The van der Waals surface area contributed by atoms with Crippen molar-refractivity contribution >= 4 is 34.8 Å². The van der Waals surface area contributed by atoms with Crippen molar-refractivity contribution in [1.29, 1.82) is 0 Å². The summed E-state index contributed by atoms with van der Waals surface area (Å²) in [6, 6.07) is 12.5. The number of carbonyl (C=O) groups excluding carboxylic acids is 1. The van der Waals surface area contributed by atoms with E-state index < -0.39 is 5.67 Å². The number of anilines is 1. The lowest BCUT2D eigenvalue weighted by Crippen LogP contribution is -2.11. The van der Waals surface area contributed by atoms with Gasteiger partial charge in [-0.05, 0) is 54.3 Å². The zero-order valence-corrected chi connectivity index (χ0v) is 16.9. The predicted molar refractivity (Wildman–Crippen MR) is 114 cm³/mol. The van der Waals surface area contributed by atoms with Crippen molar-refractivity contribution < 1.29 is 9.18 Å². The van der Waals surface area contributed by atoms with Crippen LogP contribution in [0.5, 0.6) is 0 Å². The normalized spacial score (nSPS) is 21.8. The van der Waals surface area contributed by atoms with E-state index in [0.29, 0.717) is 34.3 Å². The number of carbonyl (C=O) groups is 1. The molecule has 2 aromatic carbocycles. The molecule has 2 aromatic rings.